The zero-order valence-electron chi connectivity index (χ0n) is 6.75. The van der Waals surface area contributed by atoms with E-state index in [1.165, 1.54) is 4.88 Å². The second-order valence-electron chi connectivity index (χ2n) is 2.48. The molecule has 0 saturated carbocycles. The Morgan fingerprint density at radius 3 is 2.92 bits per heavy atom. The van der Waals surface area contributed by atoms with E-state index in [4.69, 9.17) is 16.9 Å². The number of nitrogens with zero attached hydrogens (tertiary/aromatic N) is 2. The molecule has 1 aromatic rings. The van der Waals surface area contributed by atoms with Crippen molar-refractivity contribution >= 4 is 22.9 Å². The molecule has 0 unspecified atom stereocenters. The fourth-order valence-corrected chi connectivity index (χ4v) is 1.89. The van der Waals surface area contributed by atoms with E-state index in [1.54, 1.807) is 23.3 Å². The number of hydrogen-bond donors (Lipinski definition) is 0. The smallest absolute Gasteiger partial charge is 0.179 e. The normalized spacial score (nSPS) is 9.42. The topological polar surface area (TPSA) is 27.0 Å². The largest absolute Gasteiger partial charge is 0.313 e. The summed E-state index contributed by atoms with van der Waals surface area (Å²) >= 11 is 7.32. The van der Waals surface area contributed by atoms with Crippen LogP contribution in [0.4, 0.5) is 0 Å². The number of likely N-dealkylation sites (N-methyl/N-ethyl adjacent to an activating group) is 1. The molecule has 0 spiro atoms. The van der Waals surface area contributed by atoms with Crippen LogP contribution in [0.2, 0.25) is 4.34 Å². The first-order valence-electron chi connectivity index (χ1n) is 3.57. The highest BCUT2D eigenvalue weighted by Crippen LogP contribution is 2.21. The molecule has 0 aliphatic carbocycles. The molecule has 0 aromatic carbocycles. The van der Waals surface area contributed by atoms with Crippen LogP contribution in [0, 0.1) is 11.5 Å². The SMILES string of the molecule is CN(C#N)CCc1ccc(Cl)s1. The molecule has 0 bridgehead atoms. The number of rotatable bonds is 3. The van der Waals surface area contributed by atoms with E-state index in [2.05, 4.69) is 0 Å². The van der Waals surface area contributed by atoms with Gasteiger partial charge in [-0.1, -0.05) is 11.6 Å². The molecule has 0 fully saturated rings. The minimum atomic E-state index is 0.757. The van der Waals surface area contributed by atoms with Crippen LogP contribution in [-0.2, 0) is 6.42 Å². The third-order valence-electron chi connectivity index (χ3n) is 1.49. The van der Waals surface area contributed by atoms with Gasteiger partial charge in [-0.15, -0.1) is 11.3 Å². The summed E-state index contributed by atoms with van der Waals surface area (Å²) in [5.74, 6) is 0. The Hall–Kier alpha value is -0.720. The van der Waals surface area contributed by atoms with Crippen LogP contribution in [0.15, 0.2) is 12.1 Å². The van der Waals surface area contributed by atoms with Gasteiger partial charge < -0.3 is 4.90 Å². The van der Waals surface area contributed by atoms with Crippen molar-refractivity contribution in [3.8, 4) is 6.19 Å². The molecule has 0 radical (unpaired) electrons. The fraction of sp³-hybridized carbons (Fsp3) is 0.375. The van der Waals surface area contributed by atoms with E-state index in [-0.39, 0.29) is 0 Å². The molecule has 0 aliphatic heterocycles. The minimum Gasteiger partial charge on any atom is -0.313 e. The highest BCUT2D eigenvalue weighted by molar-refractivity contribution is 7.16. The van der Waals surface area contributed by atoms with Gasteiger partial charge in [-0.3, -0.25) is 0 Å². The van der Waals surface area contributed by atoms with E-state index in [0.29, 0.717) is 0 Å². The Bertz CT molecular complexity index is 289. The molecule has 1 rings (SSSR count). The molecule has 1 heterocycles. The third kappa shape index (κ3) is 2.72. The van der Waals surface area contributed by atoms with Crippen molar-refractivity contribution in [3.05, 3.63) is 21.3 Å². The maximum atomic E-state index is 8.47. The van der Waals surface area contributed by atoms with Crippen LogP contribution in [0.25, 0.3) is 0 Å². The zero-order valence-corrected chi connectivity index (χ0v) is 8.32. The highest BCUT2D eigenvalue weighted by atomic mass is 35.5. The van der Waals surface area contributed by atoms with Crippen LogP contribution in [-0.4, -0.2) is 18.5 Å². The lowest BCUT2D eigenvalue weighted by molar-refractivity contribution is 0.480. The van der Waals surface area contributed by atoms with Gasteiger partial charge in [0.25, 0.3) is 0 Å². The zero-order chi connectivity index (χ0) is 8.97. The number of hydrogen-bond acceptors (Lipinski definition) is 3. The van der Waals surface area contributed by atoms with Crippen molar-refractivity contribution < 1.29 is 0 Å². The first-order valence-corrected chi connectivity index (χ1v) is 4.77. The number of nitriles is 1. The second kappa shape index (κ2) is 4.34. The van der Waals surface area contributed by atoms with Gasteiger partial charge in [0.1, 0.15) is 0 Å². The Kier molecular flexibility index (Phi) is 3.39. The maximum absolute atomic E-state index is 8.47. The van der Waals surface area contributed by atoms with Gasteiger partial charge in [0.15, 0.2) is 6.19 Å². The summed E-state index contributed by atoms with van der Waals surface area (Å²) in [7, 11) is 1.77. The summed E-state index contributed by atoms with van der Waals surface area (Å²) in [5, 5.41) is 8.47. The molecular formula is C8H9ClN2S. The Morgan fingerprint density at radius 2 is 2.42 bits per heavy atom. The Morgan fingerprint density at radius 1 is 1.67 bits per heavy atom. The number of halogens is 1. The van der Waals surface area contributed by atoms with Crippen LogP contribution in [0.5, 0.6) is 0 Å². The van der Waals surface area contributed by atoms with Crippen LogP contribution in [0.3, 0.4) is 0 Å². The molecule has 0 amide bonds. The van der Waals surface area contributed by atoms with Gasteiger partial charge in [-0.25, -0.2) is 0 Å². The standard InChI is InChI=1S/C8H9ClN2S/c1-11(6-10)5-4-7-2-3-8(9)12-7/h2-3H,4-5H2,1H3. The summed E-state index contributed by atoms with van der Waals surface area (Å²) in [6.07, 6.45) is 2.94. The van der Waals surface area contributed by atoms with Crippen LogP contribution >= 0.6 is 22.9 Å². The average Bonchev–Trinajstić information content (AvgIpc) is 2.47. The van der Waals surface area contributed by atoms with E-state index < -0.39 is 0 Å². The summed E-state index contributed by atoms with van der Waals surface area (Å²) in [6.45, 7) is 0.757. The van der Waals surface area contributed by atoms with Gasteiger partial charge in [0, 0.05) is 24.9 Å². The predicted molar refractivity (Wildman–Crippen MR) is 51.3 cm³/mol. The lowest BCUT2D eigenvalue weighted by atomic mass is 10.3. The number of thiophene rings is 1. The maximum Gasteiger partial charge on any atom is 0.179 e. The van der Waals surface area contributed by atoms with Crippen molar-refractivity contribution in [2.24, 2.45) is 0 Å². The van der Waals surface area contributed by atoms with Crippen molar-refractivity contribution in [1.29, 1.82) is 5.26 Å². The first-order chi connectivity index (χ1) is 5.72. The summed E-state index contributed by atoms with van der Waals surface area (Å²) < 4.78 is 0.810. The minimum absolute atomic E-state index is 0.757. The Labute approximate surface area is 81.0 Å². The molecule has 0 N–H and O–H groups in total. The molecule has 2 nitrogen and oxygen atoms in total. The average molecular weight is 201 g/mol. The van der Waals surface area contributed by atoms with Gasteiger partial charge in [0.05, 0.1) is 4.34 Å². The molecular weight excluding hydrogens is 192 g/mol. The van der Waals surface area contributed by atoms with Crippen molar-refractivity contribution in [1.82, 2.24) is 4.90 Å². The third-order valence-corrected chi connectivity index (χ3v) is 2.78. The van der Waals surface area contributed by atoms with Crippen molar-refractivity contribution in [3.63, 3.8) is 0 Å². The molecule has 4 heteroatoms. The fourth-order valence-electron chi connectivity index (χ4n) is 0.814. The van der Waals surface area contributed by atoms with Crippen LogP contribution in [0.1, 0.15) is 4.88 Å². The monoisotopic (exact) mass is 200 g/mol. The lowest BCUT2D eigenvalue weighted by Crippen LogP contribution is -2.13. The van der Waals surface area contributed by atoms with Gasteiger partial charge in [0.2, 0.25) is 0 Å². The van der Waals surface area contributed by atoms with E-state index >= 15 is 0 Å². The quantitative estimate of drug-likeness (QED) is 0.553. The van der Waals surface area contributed by atoms with Gasteiger partial charge >= 0.3 is 0 Å². The predicted octanol–water partition coefficient (Wildman–Crippen LogP) is 2.36. The molecule has 0 saturated heterocycles. The molecule has 64 valence electrons. The van der Waals surface area contributed by atoms with Gasteiger partial charge in [-0.2, -0.15) is 5.26 Å². The second-order valence-corrected chi connectivity index (χ2v) is 4.28. The summed E-state index contributed by atoms with van der Waals surface area (Å²) in [4.78, 5) is 2.83. The first kappa shape index (κ1) is 9.37. The van der Waals surface area contributed by atoms with E-state index in [9.17, 15) is 0 Å². The molecule has 0 aliphatic rings. The van der Waals surface area contributed by atoms with Crippen molar-refractivity contribution in [2.45, 2.75) is 6.42 Å². The van der Waals surface area contributed by atoms with E-state index in [1.807, 2.05) is 18.3 Å². The Balaban J connectivity index is 2.39. The molecule has 12 heavy (non-hydrogen) atoms. The van der Waals surface area contributed by atoms with Crippen molar-refractivity contribution in [2.75, 3.05) is 13.6 Å². The summed E-state index contributed by atoms with van der Waals surface area (Å²) in [5.41, 5.74) is 0. The lowest BCUT2D eigenvalue weighted by Gasteiger charge is -2.05. The molecule has 1 aromatic heterocycles. The highest BCUT2D eigenvalue weighted by Gasteiger charge is 1.99. The van der Waals surface area contributed by atoms with E-state index in [0.717, 1.165) is 17.3 Å². The van der Waals surface area contributed by atoms with Gasteiger partial charge in [-0.05, 0) is 12.1 Å². The summed E-state index contributed by atoms with van der Waals surface area (Å²) in [6, 6.07) is 3.88. The molecule has 0 atom stereocenters. The van der Waals surface area contributed by atoms with Crippen LogP contribution < -0.4 is 0 Å².